The molecular formula is C14H22FN3. The van der Waals surface area contributed by atoms with Crippen molar-refractivity contribution in [2.24, 2.45) is 5.73 Å². The lowest BCUT2D eigenvalue weighted by atomic mass is 9.97. The molecule has 0 spiro atoms. The van der Waals surface area contributed by atoms with Crippen molar-refractivity contribution in [3.63, 3.8) is 0 Å². The molecule has 1 aliphatic heterocycles. The molecule has 1 fully saturated rings. The third-order valence-electron chi connectivity index (χ3n) is 3.78. The Labute approximate surface area is 108 Å². The summed E-state index contributed by atoms with van der Waals surface area (Å²) in [6.07, 6.45) is 0.897. The average molecular weight is 251 g/mol. The summed E-state index contributed by atoms with van der Waals surface area (Å²) in [5.41, 5.74) is 7.92. The van der Waals surface area contributed by atoms with Crippen LogP contribution in [0.15, 0.2) is 18.2 Å². The van der Waals surface area contributed by atoms with Gasteiger partial charge < -0.3 is 16.0 Å². The maximum atomic E-state index is 13.2. The van der Waals surface area contributed by atoms with Crippen molar-refractivity contribution >= 4 is 0 Å². The number of benzene rings is 1. The van der Waals surface area contributed by atoms with Gasteiger partial charge in [-0.05, 0) is 37.6 Å². The van der Waals surface area contributed by atoms with Gasteiger partial charge in [0.2, 0.25) is 0 Å². The first kappa shape index (κ1) is 13.5. The smallest absolute Gasteiger partial charge is 0.126 e. The molecule has 18 heavy (non-hydrogen) atoms. The number of nitrogens with zero attached hydrogens (tertiary/aromatic N) is 1. The molecule has 4 heteroatoms. The summed E-state index contributed by atoms with van der Waals surface area (Å²) in [7, 11) is 2.13. The molecule has 3 N–H and O–H groups in total. The Morgan fingerprint density at radius 3 is 3.00 bits per heavy atom. The monoisotopic (exact) mass is 251 g/mol. The molecule has 2 unspecified atom stereocenters. The Kier molecular flexibility index (Phi) is 4.32. The van der Waals surface area contributed by atoms with Crippen LogP contribution < -0.4 is 11.1 Å². The van der Waals surface area contributed by atoms with Crippen molar-refractivity contribution in [1.29, 1.82) is 0 Å². The molecule has 1 aromatic carbocycles. The topological polar surface area (TPSA) is 41.3 Å². The molecule has 1 heterocycles. The zero-order valence-electron chi connectivity index (χ0n) is 11.1. The van der Waals surface area contributed by atoms with Crippen molar-refractivity contribution in [2.75, 3.05) is 26.7 Å². The van der Waals surface area contributed by atoms with Crippen molar-refractivity contribution < 1.29 is 4.39 Å². The lowest BCUT2D eigenvalue weighted by Crippen LogP contribution is -2.50. The van der Waals surface area contributed by atoms with E-state index in [1.54, 1.807) is 13.0 Å². The van der Waals surface area contributed by atoms with Gasteiger partial charge in [0, 0.05) is 31.7 Å². The van der Waals surface area contributed by atoms with Gasteiger partial charge >= 0.3 is 0 Å². The van der Waals surface area contributed by atoms with Gasteiger partial charge in [-0.15, -0.1) is 0 Å². The fourth-order valence-electron chi connectivity index (χ4n) is 2.45. The normalized spacial score (nSPS) is 23.0. The Balaban J connectivity index is 2.02. The summed E-state index contributed by atoms with van der Waals surface area (Å²) >= 11 is 0. The van der Waals surface area contributed by atoms with Crippen molar-refractivity contribution in [2.45, 2.75) is 25.4 Å². The largest absolute Gasteiger partial charge is 0.324 e. The molecule has 1 aliphatic rings. The first-order valence-corrected chi connectivity index (χ1v) is 6.50. The lowest BCUT2D eigenvalue weighted by Gasteiger charge is -2.34. The standard InChI is InChI=1S/C14H22FN3/c1-10-7-11(3-4-13(10)15)14(16)8-12-9-17-5-6-18(12)2/h3-4,7,12,14,17H,5-6,8-9,16H2,1-2H3. The number of halogens is 1. The maximum Gasteiger partial charge on any atom is 0.126 e. The summed E-state index contributed by atoms with van der Waals surface area (Å²) in [5, 5.41) is 3.39. The zero-order chi connectivity index (χ0) is 13.1. The van der Waals surface area contributed by atoms with Gasteiger partial charge in [-0.2, -0.15) is 0 Å². The van der Waals surface area contributed by atoms with E-state index < -0.39 is 0 Å². The number of piperazine rings is 1. The van der Waals surface area contributed by atoms with Crippen molar-refractivity contribution in [3.8, 4) is 0 Å². The molecule has 1 aromatic rings. The number of hydrogen-bond donors (Lipinski definition) is 2. The highest BCUT2D eigenvalue weighted by molar-refractivity contribution is 5.26. The molecule has 0 aliphatic carbocycles. The van der Waals surface area contributed by atoms with Gasteiger partial charge in [0.15, 0.2) is 0 Å². The van der Waals surface area contributed by atoms with Crippen LogP contribution in [0, 0.1) is 12.7 Å². The molecule has 0 radical (unpaired) electrons. The van der Waals surface area contributed by atoms with Crippen molar-refractivity contribution in [1.82, 2.24) is 10.2 Å². The molecule has 3 nitrogen and oxygen atoms in total. The van der Waals surface area contributed by atoms with E-state index in [1.165, 1.54) is 6.07 Å². The molecule has 0 aromatic heterocycles. The molecule has 0 saturated carbocycles. The predicted octanol–water partition coefficient (Wildman–Crippen LogP) is 1.43. The van der Waals surface area contributed by atoms with Gasteiger partial charge in [0.05, 0.1) is 0 Å². The van der Waals surface area contributed by atoms with Crippen LogP contribution in [0.2, 0.25) is 0 Å². The Bertz CT molecular complexity index is 408. The predicted molar refractivity (Wildman–Crippen MR) is 72.0 cm³/mol. The number of hydrogen-bond acceptors (Lipinski definition) is 3. The van der Waals surface area contributed by atoms with Crippen LogP contribution in [0.5, 0.6) is 0 Å². The first-order valence-electron chi connectivity index (χ1n) is 6.50. The van der Waals surface area contributed by atoms with Crippen LogP contribution in [0.4, 0.5) is 4.39 Å². The molecule has 2 atom stereocenters. The summed E-state index contributed by atoms with van der Waals surface area (Å²) in [6.45, 7) is 4.85. The van der Waals surface area contributed by atoms with E-state index in [0.717, 1.165) is 31.6 Å². The minimum absolute atomic E-state index is 0.0309. The summed E-state index contributed by atoms with van der Waals surface area (Å²) < 4.78 is 13.2. The third-order valence-corrected chi connectivity index (χ3v) is 3.78. The zero-order valence-corrected chi connectivity index (χ0v) is 11.1. The number of likely N-dealkylation sites (N-methyl/N-ethyl adjacent to an activating group) is 1. The number of aryl methyl sites for hydroxylation is 1. The van der Waals surface area contributed by atoms with Crippen LogP contribution in [0.3, 0.4) is 0 Å². The van der Waals surface area contributed by atoms with E-state index >= 15 is 0 Å². The molecular weight excluding hydrogens is 229 g/mol. The van der Waals surface area contributed by atoms with E-state index in [2.05, 4.69) is 17.3 Å². The Morgan fingerprint density at radius 1 is 1.56 bits per heavy atom. The summed E-state index contributed by atoms with van der Waals surface area (Å²) in [6, 6.07) is 5.59. The highest BCUT2D eigenvalue weighted by atomic mass is 19.1. The molecule has 2 rings (SSSR count). The van der Waals surface area contributed by atoms with Crippen molar-refractivity contribution in [3.05, 3.63) is 35.1 Å². The number of nitrogens with one attached hydrogen (secondary N) is 1. The minimum atomic E-state index is -0.164. The second-order valence-electron chi connectivity index (χ2n) is 5.19. The Morgan fingerprint density at radius 2 is 2.33 bits per heavy atom. The molecule has 100 valence electrons. The highest BCUT2D eigenvalue weighted by Crippen LogP contribution is 2.20. The number of nitrogens with two attached hydrogens (primary N) is 1. The van der Waals surface area contributed by atoms with Crippen LogP contribution in [-0.4, -0.2) is 37.6 Å². The number of rotatable bonds is 3. The first-order chi connectivity index (χ1) is 8.58. The van der Waals surface area contributed by atoms with Gasteiger partial charge in [0.25, 0.3) is 0 Å². The SMILES string of the molecule is Cc1cc(C(N)CC2CNCCN2C)ccc1F. The highest BCUT2D eigenvalue weighted by Gasteiger charge is 2.21. The van der Waals surface area contributed by atoms with Crippen LogP contribution >= 0.6 is 0 Å². The fourth-order valence-corrected chi connectivity index (χ4v) is 2.45. The van der Waals surface area contributed by atoms with Gasteiger partial charge in [-0.1, -0.05) is 12.1 Å². The van der Waals surface area contributed by atoms with E-state index in [1.807, 2.05) is 6.07 Å². The van der Waals surface area contributed by atoms with E-state index in [0.29, 0.717) is 11.6 Å². The van der Waals surface area contributed by atoms with Crippen LogP contribution in [0.25, 0.3) is 0 Å². The summed E-state index contributed by atoms with van der Waals surface area (Å²) in [5.74, 6) is -0.164. The quantitative estimate of drug-likeness (QED) is 0.854. The van der Waals surface area contributed by atoms with E-state index in [4.69, 9.17) is 5.73 Å². The second-order valence-corrected chi connectivity index (χ2v) is 5.19. The maximum absolute atomic E-state index is 13.2. The third kappa shape index (κ3) is 3.07. The van der Waals surface area contributed by atoms with Crippen LogP contribution in [-0.2, 0) is 0 Å². The molecule has 0 amide bonds. The molecule has 0 bridgehead atoms. The lowest BCUT2D eigenvalue weighted by molar-refractivity contribution is 0.182. The fraction of sp³-hybridized carbons (Fsp3) is 0.571. The van der Waals surface area contributed by atoms with E-state index in [9.17, 15) is 4.39 Å². The minimum Gasteiger partial charge on any atom is -0.324 e. The van der Waals surface area contributed by atoms with Gasteiger partial charge in [-0.3, -0.25) is 0 Å². The van der Waals surface area contributed by atoms with Gasteiger partial charge in [0.1, 0.15) is 5.82 Å². The average Bonchev–Trinajstić information content (AvgIpc) is 2.35. The van der Waals surface area contributed by atoms with Crippen LogP contribution in [0.1, 0.15) is 23.6 Å². The Hall–Kier alpha value is -0.970. The van der Waals surface area contributed by atoms with Gasteiger partial charge in [-0.25, -0.2) is 4.39 Å². The van der Waals surface area contributed by atoms with E-state index in [-0.39, 0.29) is 11.9 Å². The molecule has 1 saturated heterocycles. The summed E-state index contributed by atoms with van der Waals surface area (Å²) in [4.78, 5) is 2.34. The second kappa shape index (κ2) is 5.78.